The standard InChI is InChI=1S/C20H25N3O8S2/c1-5-22(6-2)33(29,30)19-12-15(8-9-18(19)31-7-3)21-20(24)14-10-16(23(25)26)13-17(11-14)32(4,27)28/h8-13H,5-7H2,1-4H3,(H,21,24). The van der Waals surface area contributed by atoms with E-state index >= 15 is 0 Å². The quantitative estimate of drug-likeness (QED) is 0.387. The minimum atomic E-state index is -3.93. The normalized spacial score (nSPS) is 11.9. The second-order valence-corrected chi connectivity index (χ2v) is 10.8. The molecule has 2 aromatic rings. The molecule has 0 unspecified atom stereocenters. The summed E-state index contributed by atoms with van der Waals surface area (Å²) in [6.45, 7) is 5.74. The van der Waals surface area contributed by atoms with Gasteiger partial charge in [-0.15, -0.1) is 0 Å². The van der Waals surface area contributed by atoms with Gasteiger partial charge in [0.15, 0.2) is 9.84 Å². The van der Waals surface area contributed by atoms with Gasteiger partial charge in [-0.1, -0.05) is 13.8 Å². The molecule has 0 aliphatic rings. The number of hydrogen-bond acceptors (Lipinski definition) is 8. The molecule has 0 saturated carbocycles. The van der Waals surface area contributed by atoms with Crippen LogP contribution in [0.25, 0.3) is 0 Å². The van der Waals surface area contributed by atoms with E-state index in [4.69, 9.17) is 4.74 Å². The number of carbonyl (C=O) groups excluding carboxylic acids is 1. The van der Waals surface area contributed by atoms with Gasteiger partial charge in [-0.2, -0.15) is 4.31 Å². The number of carbonyl (C=O) groups is 1. The fourth-order valence-corrected chi connectivity index (χ4v) is 5.29. The number of non-ortho nitro benzene ring substituents is 1. The number of sulfone groups is 1. The molecule has 0 aliphatic carbocycles. The summed E-state index contributed by atoms with van der Waals surface area (Å²) in [5.74, 6) is -0.740. The Hall–Kier alpha value is -3.03. The third-order valence-corrected chi connectivity index (χ3v) is 7.78. The van der Waals surface area contributed by atoms with E-state index in [9.17, 15) is 31.7 Å². The fourth-order valence-electron chi connectivity index (χ4n) is 3.00. The van der Waals surface area contributed by atoms with Crippen LogP contribution in [0.5, 0.6) is 5.75 Å². The summed E-state index contributed by atoms with van der Waals surface area (Å²) in [6.07, 6.45) is 0.866. The summed E-state index contributed by atoms with van der Waals surface area (Å²) in [6, 6.07) is 6.85. The van der Waals surface area contributed by atoms with Gasteiger partial charge in [-0.3, -0.25) is 14.9 Å². The molecule has 0 aliphatic heterocycles. The molecule has 0 radical (unpaired) electrons. The zero-order chi connectivity index (χ0) is 25.0. The minimum Gasteiger partial charge on any atom is -0.492 e. The van der Waals surface area contributed by atoms with Gasteiger partial charge in [0.1, 0.15) is 10.6 Å². The molecule has 0 atom stereocenters. The fraction of sp³-hybridized carbons (Fsp3) is 0.350. The van der Waals surface area contributed by atoms with Gasteiger partial charge < -0.3 is 10.1 Å². The molecule has 180 valence electrons. The summed E-state index contributed by atoms with van der Waals surface area (Å²) in [5, 5.41) is 13.6. The van der Waals surface area contributed by atoms with Crippen molar-refractivity contribution < 1.29 is 31.3 Å². The number of nitro groups is 1. The highest BCUT2D eigenvalue weighted by Crippen LogP contribution is 2.30. The first-order chi connectivity index (χ1) is 15.3. The third kappa shape index (κ3) is 6.06. The molecule has 0 spiro atoms. The highest BCUT2D eigenvalue weighted by atomic mass is 32.2. The summed E-state index contributed by atoms with van der Waals surface area (Å²) >= 11 is 0. The smallest absolute Gasteiger partial charge is 0.271 e. The van der Waals surface area contributed by atoms with Crippen molar-refractivity contribution in [3.8, 4) is 5.75 Å². The lowest BCUT2D eigenvalue weighted by Gasteiger charge is -2.21. The van der Waals surface area contributed by atoms with Crippen molar-refractivity contribution >= 4 is 37.1 Å². The predicted octanol–water partition coefficient (Wildman–Crippen LogP) is 2.68. The Labute approximate surface area is 192 Å². The number of nitrogens with one attached hydrogen (secondary N) is 1. The molecule has 13 heteroatoms. The second kappa shape index (κ2) is 10.3. The number of nitro benzene ring substituents is 1. The van der Waals surface area contributed by atoms with E-state index < -0.39 is 41.3 Å². The van der Waals surface area contributed by atoms with Gasteiger partial charge in [-0.25, -0.2) is 16.8 Å². The molecule has 1 amide bonds. The Kier molecular flexibility index (Phi) is 8.16. The first-order valence-electron chi connectivity index (χ1n) is 9.93. The Morgan fingerprint density at radius 2 is 1.70 bits per heavy atom. The molecule has 0 fully saturated rings. The maximum Gasteiger partial charge on any atom is 0.271 e. The van der Waals surface area contributed by atoms with Crippen molar-refractivity contribution in [1.29, 1.82) is 0 Å². The van der Waals surface area contributed by atoms with Crippen LogP contribution >= 0.6 is 0 Å². The van der Waals surface area contributed by atoms with E-state index in [1.807, 2.05) is 0 Å². The van der Waals surface area contributed by atoms with Gasteiger partial charge in [0.25, 0.3) is 11.6 Å². The van der Waals surface area contributed by atoms with Crippen LogP contribution < -0.4 is 10.1 Å². The molecule has 1 N–H and O–H groups in total. The minimum absolute atomic E-state index is 0.0848. The van der Waals surface area contributed by atoms with Crippen molar-refractivity contribution in [1.82, 2.24) is 4.31 Å². The molecule has 11 nitrogen and oxygen atoms in total. The van der Waals surface area contributed by atoms with Crippen LogP contribution in [0.3, 0.4) is 0 Å². The Balaban J connectivity index is 2.53. The Morgan fingerprint density at radius 1 is 1.06 bits per heavy atom. The van der Waals surface area contributed by atoms with E-state index in [0.717, 1.165) is 24.5 Å². The van der Waals surface area contributed by atoms with Crippen molar-refractivity contribution in [3.63, 3.8) is 0 Å². The van der Waals surface area contributed by atoms with Crippen LogP contribution in [0.2, 0.25) is 0 Å². The van der Waals surface area contributed by atoms with E-state index in [-0.39, 0.29) is 41.6 Å². The number of ether oxygens (including phenoxy) is 1. The van der Waals surface area contributed by atoms with Gasteiger partial charge >= 0.3 is 0 Å². The number of hydrogen-bond donors (Lipinski definition) is 1. The molecule has 2 rings (SSSR count). The molecule has 0 aromatic heterocycles. The van der Waals surface area contributed by atoms with Crippen molar-refractivity contribution in [2.45, 2.75) is 30.6 Å². The zero-order valence-corrected chi connectivity index (χ0v) is 20.2. The lowest BCUT2D eigenvalue weighted by atomic mass is 10.2. The molecule has 33 heavy (non-hydrogen) atoms. The average Bonchev–Trinajstić information content (AvgIpc) is 2.74. The number of sulfonamides is 1. The Morgan fingerprint density at radius 3 is 2.21 bits per heavy atom. The van der Waals surface area contributed by atoms with Gasteiger partial charge in [0, 0.05) is 42.7 Å². The first-order valence-corrected chi connectivity index (χ1v) is 13.3. The number of benzene rings is 2. The molecular formula is C20H25N3O8S2. The lowest BCUT2D eigenvalue weighted by molar-refractivity contribution is -0.385. The second-order valence-electron chi connectivity index (χ2n) is 6.88. The topological polar surface area (TPSA) is 153 Å². The summed E-state index contributed by atoms with van der Waals surface area (Å²) < 4.78 is 56.6. The Bertz CT molecular complexity index is 1270. The van der Waals surface area contributed by atoms with E-state index in [1.165, 1.54) is 22.5 Å². The van der Waals surface area contributed by atoms with Gasteiger partial charge in [0.05, 0.1) is 16.4 Å². The van der Waals surface area contributed by atoms with E-state index in [2.05, 4.69) is 5.32 Å². The third-order valence-electron chi connectivity index (χ3n) is 4.62. The van der Waals surface area contributed by atoms with Crippen LogP contribution in [-0.2, 0) is 19.9 Å². The number of rotatable bonds is 10. The molecule has 0 heterocycles. The maximum atomic E-state index is 13.1. The number of amides is 1. The highest BCUT2D eigenvalue weighted by Gasteiger charge is 2.27. The van der Waals surface area contributed by atoms with E-state index in [0.29, 0.717) is 0 Å². The number of anilines is 1. The molecular weight excluding hydrogens is 474 g/mol. The predicted molar refractivity (Wildman–Crippen MR) is 122 cm³/mol. The van der Waals surface area contributed by atoms with Crippen LogP contribution in [0, 0.1) is 10.1 Å². The first kappa shape index (κ1) is 26.2. The summed E-state index contributed by atoms with van der Waals surface area (Å²) in [4.78, 5) is 22.6. The summed E-state index contributed by atoms with van der Waals surface area (Å²) in [5.41, 5.74) is -0.757. The highest BCUT2D eigenvalue weighted by molar-refractivity contribution is 7.90. The van der Waals surface area contributed by atoms with Crippen LogP contribution in [0.1, 0.15) is 31.1 Å². The van der Waals surface area contributed by atoms with Crippen LogP contribution in [-0.4, -0.2) is 57.9 Å². The van der Waals surface area contributed by atoms with Gasteiger partial charge in [-0.05, 0) is 31.2 Å². The average molecular weight is 500 g/mol. The largest absolute Gasteiger partial charge is 0.492 e. The summed E-state index contributed by atoms with van der Waals surface area (Å²) in [7, 11) is -7.76. The molecule has 0 bridgehead atoms. The monoisotopic (exact) mass is 499 g/mol. The SMILES string of the molecule is CCOc1ccc(NC(=O)c2cc([N+](=O)[O-])cc(S(C)(=O)=O)c2)cc1S(=O)(=O)N(CC)CC. The zero-order valence-electron chi connectivity index (χ0n) is 18.6. The van der Waals surface area contributed by atoms with Crippen LogP contribution in [0.15, 0.2) is 46.2 Å². The molecule has 0 saturated heterocycles. The number of nitrogens with zero attached hydrogens (tertiary/aromatic N) is 2. The van der Waals surface area contributed by atoms with Crippen molar-refractivity contribution in [2.75, 3.05) is 31.3 Å². The molecule has 2 aromatic carbocycles. The van der Waals surface area contributed by atoms with Crippen molar-refractivity contribution in [3.05, 3.63) is 52.1 Å². The van der Waals surface area contributed by atoms with Crippen LogP contribution in [0.4, 0.5) is 11.4 Å². The maximum absolute atomic E-state index is 13.1. The van der Waals surface area contributed by atoms with E-state index in [1.54, 1.807) is 20.8 Å². The van der Waals surface area contributed by atoms with Gasteiger partial charge in [0.2, 0.25) is 10.0 Å². The lowest BCUT2D eigenvalue weighted by Crippen LogP contribution is -2.31. The van der Waals surface area contributed by atoms with Crippen molar-refractivity contribution in [2.24, 2.45) is 0 Å².